The van der Waals surface area contributed by atoms with Crippen LogP contribution in [0.15, 0.2) is 127 Å². The predicted molar refractivity (Wildman–Crippen MR) is 115 cm³/mol. The molecule has 0 fully saturated rings. The Morgan fingerprint density at radius 3 is 1.68 bits per heavy atom. The number of hydrogen-bond acceptors (Lipinski definition) is 1. The highest BCUT2D eigenvalue weighted by atomic mass is 127. The Labute approximate surface area is 184 Å². The van der Waals surface area contributed by atoms with Crippen molar-refractivity contribution >= 4 is 17.1 Å². The Morgan fingerprint density at radius 1 is 0.750 bits per heavy atom. The number of anilines is 1. The summed E-state index contributed by atoms with van der Waals surface area (Å²) in [6.07, 6.45) is 6.13. The van der Waals surface area contributed by atoms with E-state index in [-0.39, 0.29) is 24.0 Å². The molecule has 0 aromatic heterocycles. The van der Waals surface area contributed by atoms with E-state index in [2.05, 4.69) is 91.6 Å². The number of allylic oxidation sites excluding steroid dienone is 4. The average Bonchev–Trinajstić information content (AvgIpc) is 2.73. The zero-order chi connectivity index (χ0) is 18.9. The number of quaternary nitrogens is 1. The normalized spacial score (nSPS) is 11.6. The van der Waals surface area contributed by atoms with Crippen molar-refractivity contribution in [2.45, 2.75) is 6.92 Å². The summed E-state index contributed by atoms with van der Waals surface area (Å²) >= 11 is 0. The molecule has 0 unspecified atom stereocenters. The number of hydrogen-bond donors (Lipinski definition) is 2. The van der Waals surface area contributed by atoms with E-state index in [9.17, 15) is 0 Å². The van der Waals surface area contributed by atoms with Gasteiger partial charge < -0.3 is 29.3 Å². The summed E-state index contributed by atoms with van der Waals surface area (Å²) in [5.41, 5.74) is 5.59. The van der Waals surface area contributed by atoms with Crippen LogP contribution in [0.2, 0.25) is 0 Å². The quantitative estimate of drug-likeness (QED) is 0.393. The molecule has 3 heteroatoms. The lowest BCUT2D eigenvalue weighted by atomic mass is 10.2. The van der Waals surface area contributed by atoms with Gasteiger partial charge in [0.15, 0.2) is 0 Å². The fourth-order valence-corrected chi connectivity index (χ4v) is 2.97. The van der Waals surface area contributed by atoms with Gasteiger partial charge in [-0.25, -0.2) is 4.90 Å². The minimum absolute atomic E-state index is 0. The maximum Gasteiger partial charge on any atom is 0.141 e. The maximum atomic E-state index is 4.06. The Hall–Kier alpha value is -2.63. The minimum Gasteiger partial charge on any atom is -1.00 e. The molecule has 0 bridgehead atoms. The molecule has 0 aliphatic rings. The molecule has 2 nitrogen and oxygen atoms in total. The summed E-state index contributed by atoms with van der Waals surface area (Å²) in [7, 11) is 0. The van der Waals surface area contributed by atoms with E-state index >= 15 is 0 Å². The highest BCUT2D eigenvalue weighted by molar-refractivity contribution is 5.48. The zero-order valence-corrected chi connectivity index (χ0v) is 18.1. The van der Waals surface area contributed by atoms with Crippen LogP contribution in [0.25, 0.3) is 0 Å². The molecular formula is C25H25IN2. The monoisotopic (exact) mass is 480 g/mol. The maximum absolute atomic E-state index is 4.06. The van der Waals surface area contributed by atoms with Gasteiger partial charge in [0.2, 0.25) is 0 Å². The van der Waals surface area contributed by atoms with Gasteiger partial charge in [-0.2, -0.15) is 0 Å². The van der Waals surface area contributed by atoms with E-state index in [0.717, 1.165) is 17.1 Å². The van der Waals surface area contributed by atoms with Gasteiger partial charge >= 0.3 is 0 Å². The second-order valence-corrected chi connectivity index (χ2v) is 6.27. The molecule has 0 aliphatic heterocycles. The van der Waals surface area contributed by atoms with Gasteiger partial charge in [0, 0.05) is 17.5 Å². The molecule has 142 valence electrons. The van der Waals surface area contributed by atoms with Gasteiger partial charge in [-0.3, -0.25) is 0 Å². The summed E-state index contributed by atoms with van der Waals surface area (Å²) in [6.45, 7) is 6.12. The Kier molecular flexibility index (Phi) is 8.72. The van der Waals surface area contributed by atoms with Crippen LogP contribution in [0.4, 0.5) is 17.1 Å². The van der Waals surface area contributed by atoms with Crippen LogP contribution >= 0.6 is 0 Å². The SMILES string of the molecule is C=C/C(=C\C=C(/C)Nc1ccccc1)[NH+](c1ccccc1)c1ccccc1.[I-]. The molecule has 0 radical (unpaired) electrons. The molecule has 0 atom stereocenters. The molecule has 2 N–H and O–H groups in total. The van der Waals surface area contributed by atoms with E-state index < -0.39 is 0 Å². The topological polar surface area (TPSA) is 16.5 Å². The van der Waals surface area contributed by atoms with Gasteiger partial charge in [-0.05, 0) is 55.5 Å². The lowest BCUT2D eigenvalue weighted by Crippen LogP contribution is -3.00. The Bertz CT molecular complexity index is 877. The predicted octanol–water partition coefficient (Wildman–Crippen LogP) is 2.62. The molecule has 0 spiro atoms. The van der Waals surface area contributed by atoms with Crippen molar-refractivity contribution in [1.29, 1.82) is 0 Å². The molecule has 3 aromatic carbocycles. The first-order chi connectivity index (χ1) is 13.3. The van der Waals surface area contributed by atoms with E-state index in [1.165, 1.54) is 16.3 Å². The highest BCUT2D eigenvalue weighted by Gasteiger charge is 2.18. The fourth-order valence-electron chi connectivity index (χ4n) is 2.97. The van der Waals surface area contributed by atoms with Crippen LogP contribution in [0, 0.1) is 0 Å². The lowest BCUT2D eigenvalue weighted by molar-refractivity contribution is -0.710. The summed E-state index contributed by atoms with van der Waals surface area (Å²) < 4.78 is 0. The van der Waals surface area contributed by atoms with Crippen molar-refractivity contribution in [3.8, 4) is 0 Å². The zero-order valence-electron chi connectivity index (χ0n) is 16.0. The number of benzene rings is 3. The van der Waals surface area contributed by atoms with Gasteiger partial charge in [-0.1, -0.05) is 61.2 Å². The van der Waals surface area contributed by atoms with Crippen LogP contribution < -0.4 is 34.2 Å². The number of nitrogens with one attached hydrogen (secondary N) is 2. The third-order valence-electron chi connectivity index (χ3n) is 4.26. The Morgan fingerprint density at radius 2 is 1.21 bits per heavy atom. The smallest absolute Gasteiger partial charge is 0.141 e. The third kappa shape index (κ3) is 5.94. The van der Waals surface area contributed by atoms with Crippen molar-refractivity contribution in [2.24, 2.45) is 0 Å². The van der Waals surface area contributed by atoms with Crippen LogP contribution in [0.1, 0.15) is 6.92 Å². The van der Waals surface area contributed by atoms with Crippen molar-refractivity contribution < 1.29 is 28.9 Å². The van der Waals surface area contributed by atoms with Gasteiger partial charge in [-0.15, -0.1) is 0 Å². The van der Waals surface area contributed by atoms with Gasteiger partial charge in [0.05, 0.1) is 0 Å². The largest absolute Gasteiger partial charge is 1.00 e. The van der Waals surface area contributed by atoms with Crippen LogP contribution in [0.3, 0.4) is 0 Å². The highest BCUT2D eigenvalue weighted by Crippen LogP contribution is 2.12. The summed E-state index contributed by atoms with van der Waals surface area (Å²) in [5, 5.41) is 3.41. The molecular weight excluding hydrogens is 455 g/mol. The van der Waals surface area contributed by atoms with Gasteiger partial charge in [0.1, 0.15) is 17.1 Å². The third-order valence-corrected chi connectivity index (χ3v) is 4.26. The van der Waals surface area contributed by atoms with E-state index in [1.807, 2.05) is 36.4 Å². The second kappa shape index (κ2) is 11.3. The number of rotatable bonds is 7. The molecule has 3 rings (SSSR count). The summed E-state index contributed by atoms with van der Waals surface area (Å²) in [6, 6.07) is 31.1. The van der Waals surface area contributed by atoms with Crippen LogP contribution in [0.5, 0.6) is 0 Å². The van der Waals surface area contributed by atoms with Crippen LogP contribution in [-0.2, 0) is 0 Å². The lowest BCUT2D eigenvalue weighted by Gasteiger charge is -2.19. The molecule has 0 amide bonds. The number of para-hydroxylation sites is 3. The van der Waals surface area contributed by atoms with Crippen molar-refractivity contribution in [3.63, 3.8) is 0 Å². The van der Waals surface area contributed by atoms with E-state index in [0.29, 0.717) is 0 Å². The molecule has 3 aromatic rings. The summed E-state index contributed by atoms with van der Waals surface area (Å²) in [4.78, 5) is 1.18. The standard InChI is InChI=1S/C25H24N2.HI/c1-3-23(20-19-21(2)26-22-13-7-4-8-14-22)27(24-15-9-5-10-16-24)25-17-11-6-12-18-25;/h3-20,26H,1H2,2H3;1H/b21-19+,23-20+;. The fraction of sp³-hybridized carbons (Fsp3) is 0.0400. The van der Waals surface area contributed by atoms with Crippen LogP contribution in [-0.4, -0.2) is 0 Å². The van der Waals surface area contributed by atoms with Crippen molar-refractivity contribution in [3.05, 3.63) is 127 Å². The van der Waals surface area contributed by atoms with E-state index in [4.69, 9.17) is 0 Å². The average molecular weight is 480 g/mol. The van der Waals surface area contributed by atoms with E-state index in [1.54, 1.807) is 0 Å². The summed E-state index contributed by atoms with van der Waals surface area (Å²) in [5.74, 6) is 0. The number of halogens is 1. The Balaban J connectivity index is 0.00000280. The van der Waals surface area contributed by atoms with Crippen molar-refractivity contribution in [1.82, 2.24) is 0 Å². The van der Waals surface area contributed by atoms with Gasteiger partial charge in [0.25, 0.3) is 0 Å². The van der Waals surface area contributed by atoms with Crippen molar-refractivity contribution in [2.75, 3.05) is 5.32 Å². The molecule has 0 aliphatic carbocycles. The molecule has 0 saturated heterocycles. The first-order valence-corrected chi connectivity index (χ1v) is 9.09. The second-order valence-electron chi connectivity index (χ2n) is 6.27. The minimum atomic E-state index is 0. The molecule has 0 saturated carbocycles. The first kappa shape index (κ1) is 21.7. The molecule has 28 heavy (non-hydrogen) atoms. The first-order valence-electron chi connectivity index (χ1n) is 9.09. The molecule has 0 heterocycles.